The average Bonchev–Trinajstić information content (AvgIpc) is 1.86. The van der Waals surface area contributed by atoms with E-state index in [1.54, 1.807) is 13.0 Å². The van der Waals surface area contributed by atoms with Gasteiger partial charge in [0.2, 0.25) is 0 Å². The summed E-state index contributed by atoms with van der Waals surface area (Å²) in [6.45, 7) is 2.50. The maximum atomic E-state index is 10.3. The quantitative estimate of drug-likeness (QED) is 0.618. The summed E-state index contributed by atoms with van der Waals surface area (Å²) < 4.78 is 0. The molecule has 0 aliphatic carbocycles. The first-order valence-electron chi connectivity index (χ1n) is 3.59. The number of aliphatic carboxylic acids is 1. The fraction of sp³-hybridized carbons (Fsp3) is 0.625. The molecule has 0 saturated heterocycles. The SMILES string of the molecule is C/C(=C\CCN(C)C)C(=O)O. The van der Waals surface area contributed by atoms with E-state index in [0.717, 1.165) is 13.0 Å². The van der Waals surface area contributed by atoms with Crippen LogP contribution in [0.3, 0.4) is 0 Å². The van der Waals surface area contributed by atoms with Crippen LogP contribution in [0.2, 0.25) is 0 Å². The maximum absolute atomic E-state index is 10.3. The molecule has 11 heavy (non-hydrogen) atoms. The van der Waals surface area contributed by atoms with Crippen molar-refractivity contribution in [1.29, 1.82) is 0 Å². The van der Waals surface area contributed by atoms with Crippen molar-refractivity contribution in [1.82, 2.24) is 4.90 Å². The van der Waals surface area contributed by atoms with E-state index < -0.39 is 5.97 Å². The molecule has 0 spiro atoms. The summed E-state index contributed by atoms with van der Waals surface area (Å²) in [4.78, 5) is 12.3. The Labute approximate surface area is 67.3 Å². The van der Waals surface area contributed by atoms with Crippen molar-refractivity contribution in [2.24, 2.45) is 0 Å². The topological polar surface area (TPSA) is 40.5 Å². The highest BCUT2D eigenvalue weighted by molar-refractivity contribution is 5.85. The molecule has 3 nitrogen and oxygen atoms in total. The Balaban J connectivity index is 3.65. The molecule has 0 fully saturated rings. The average molecular weight is 157 g/mol. The summed E-state index contributed by atoms with van der Waals surface area (Å²) in [5.74, 6) is -0.830. The minimum absolute atomic E-state index is 0.423. The van der Waals surface area contributed by atoms with Crippen LogP contribution in [0.5, 0.6) is 0 Å². The van der Waals surface area contributed by atoms with Crippen molar-refractivity contribution in [2.45, 2.75) is 13.3 Å². The third-order valence-electron chi connectivity index (χ3n) is 1.36. The van der Waals surface area contributed by atoms with Crippen LogP contribution in [0.15, 0.2) is 11.6 Å². The molecular formula is C8H15NO2. The summed E-state index contributed by atoms with van der Waals surface area (Å²) in [5.41, 5.74) is 0.423. The first-order valence-corrected chi connectivity index (χ1v) is 3.59. The monoisotopic (exact) mass is 157 g/mol. The van der Waals surface area contributed by atoms with Crippen molar-refractivity contribution < 1.29 is 9.90 Å². The second kappa shape index (κ2) is 4.91. The lowest BCUT2D eigenvalue weighted by Crippen LogP contribution is -2.12. The number of carbonyl (C=O) groups is 1. The number of carboxylic acids is 1. The van der Waals surface area contributed by atoms with Crippen LogP contribution in [0, 0.1) is 0 Å². The highest BCUT2D eigenvalue weighted by Gasteiger charge is 1.97. The number of carboxylic acid groups (broad SMARTS) is 1. The first kappa shape index (κ1) is 10.2. The Morgan fingerprint density at radius 1 is 1.55 bits per heavy atom. The van der Waals surface area contributed by atoms with Crippen LogP contribution in [0.1, 0.15) is 13.3 Å². The van der Waals surface area contributed by atoms with Crippen molar-refractivity contribution in [2.75, 3.05) is 20.6 Å². The minimum Gasteiger partial charge on any atom is -0.478 e. The van der Waals surface area contributed by atoms with Gasteiger partial charge < -0.3 is 10.0 Å². The molecule has 0 amide bonds. The Morgan fingerprint density at radius 2 is 2.09 bits per heavy atom. The highest BCUT2D eigenvalue weighted by Crippen LogP contribution is 1.95. The summed E-state index contributed by atoms with van der Waals surface area (Å²) in [7, 11) is 3.92. The van der Waals surface area contributed by atoms with Crippen LogP contribution in [-0.2, 0) is 4.79 Å². The standard InChI is InChI=1S/C8H15NO2/c1-7(8(10)11)5-4-6-9(2)3/h5H,4,6H2,1-3H3,(H,10,11)/b7-5+. The van der Waals surface area contributed by atoms with Crippen molar-refractivity contribution in [3.05, 3.63) is 11.6 Å². The zero-order valence-electron chi connectivity index (χ0n) is 7.29. The van der Waals surface area contributed by atoms with E-state index in [-0.39, 0.29) is 0 Å². The van der Waals surface area contributed by atoms with Gasteiger partial charge in [-0.2, -0.15) is 0 Å². The normalized spacial score (nSPS) is 12.2. The van der Waals surface area contributed by atoms with E-state index >= 15 is 0 Å². The second-order valence-electron chi connectivity index (χ2n) is 2.78. The van der Waals surface area contributed by atoms with Gasteiger partial charge in [0.25, 0.3) is 0 Å². The number of hydrogen-bond acceptors (Lipinski definition) is 2. The van der Waals surface area contributed by atoms with Crippen LogP contribution < -0.4 is 0 Å². The minimum atomic E-state index is -0.830. The zero-order chi connectivity index (χ0) is 8.85. The van der Waals surface area contributed by atoms with Crippen molar-refractivity contribution in [3.8, 4) is 0 Å². The van der Waals surface area contributed by atoms with Crippen LogP contribution in [0.4, 0.5) is 0 Å². The van der Waals surface area contributed by atoms with Gasteiger partial charge in [0, 0.05) is 12.1 Å². The molecule has 0 aromatic carbocycles. The molecule has 0 radical (unpaired) electrons. The Hall–Kier alpha value is -0.830. The molecule has 0 unspecified atom stereocenters. The lowest BCUT2D eigenvalue weighted by Gasteiger charge is -2.05. The third kappa shape index (κ3) is 5.61. The second-order valence-corrected chi connectivity index (χ2v) is 2.78. The summed E-state index contributed by atoms with van der Waals surface area (Å²) >= 11 is 0. The molecule has 0 heterocycles. The van der Waals surface area contributed by atoms with E-state index in [9.17, 15) is 4.79 Å². The van der Waals surface area contributed by atoms with Gasteiger partial charge in [-0.05, 0) is 27.4 Å². The van der Waals surface area contributed by atoms with Crippen LogP contribution in [-0.4, -0.2) is 36.6 Å². The van der Waals surface area contributed by atoms with Crippen LogP contribution >= 0.6 is 0 Å². The summed E-state index contributed by atoms with van der Waals surface area (Å²) in [5, 5.41) is 8.47. The molecule has 0 aromatic rings. The van der Waals surface area contributed by atoms with E-state index in [1.807, 2.05) is 19.0 Å². The van der Waals surface area contributed by atoms with E-state index in [4.69, 9.17) is 5.11 Å². The molecule has 3 heteroatoms. The molecule has 1 N–H and O–H groups in total. The summed E-state index contributed by atoms with van der Waals surface area (Å²) in [6, 6.07) is 0. The predicted molar refractivity (Wildman–Crippen MR) is 44.6 cm³/mol. The van der Waals surface area contributed by atoms with E-state index in [1.165, 1.54) is 0 Å². The van der Waals surface area contributed by atoms with Gasteiger partial charge in [-0.25, -0.2) is 4.79 Å². The molecule has 0 atom stereocenters. The summed E-state index contributed by atoms with van der Waals surface area (Å²) in [6.07, 6.45) is 2.54. The molecule has 64 valence electrons. The lowest BCUT2D eigenvalue weighted by atomic mass is 10.2. The smallest absolute Gasteiger partial charge is 0.330 e. The number of nitrogens with zero attached hydrogens (tertiary/aromatic N) is 1. The Kier molecular flexibility index (Phi) is 4.54. The van der Waals surface area contributed by atoms with Gasteiger partial charge in [-0.15, -0.1) is 0 Å². The van der Waals surface area contributed by atoms with Gasteiger partial charge in [0.15, 0.2) is 0 Å². The fourth-order valence-electron chi connectivity index (χ4n) is 0.627. The molecule has 0 saturated carbocycles. The number of rotatable bonds is 4. The molecule has 0 bridgehead atoms. The van der Waals surface area contributed by atoms with Crippen molar-refractivity contribution >= 4 is 5.97 Å². The molecule has 0 aromatic heterocycles. The van der Waals surface area contributed by atoms with Gasteiger partial charge in [-0.1, -0.05) is 6.08 Å². The molecular weight excluding hydrogens is 142 g/mol. The van der Waals surface area contributed by atoms with Gasteiger partial charge in [-0.3, -0.25) is 0 Å². The maximum Gasteiger partial charge on any atom is 0.330 e. The molecule has 0 aliphatic heterocycles. The Morgan fingerprint density at radius 3 is 2.45 bits per heavy atom. The highest BCUT2D eigenvalue weighted by atomic mass is 16.4. The van der Waals surface area contributed by atoms with E-state index in [2.05, 4.69) is 0 Å². The predicted octanol–water partition coefficient (Wildman–Crippen LogP) is 0.969. The lowest BCUT2D eigenvalue weighted by molar-refractivity contribution is -0.132. The van der Waals surface area contributed by atoms with E-state index in [0.29, 0.717) is 5.57 Å². The first-order chi connectivity index (χ1) is 5.04. The van der Waals surface area contributed by atoms with Gasteiger partial charge in [0.1, 0.15) is 0 Å². The zero-order valence-corrected chi connectivity index (χ0v) is 7.29. The molecule has 0 rings (SSSR count). The van der Waals surface area contributed by atoms with Crippen molar-refractivity contribution in [3.63, 3.8) is 0 Å². The fourth-order valence-corrected chi connectivity index (χ4v) is 0.627. The van der Waals surface area contributed by atoms with Crippen LogP contribution in [0.25, 0.3) is 0 Å². The molecule has 0 aliphatic rings. The van der Waals surface area contributed by atoms with Gasteiger partial charge in [0.05, 0.1) is 0 Å². The largest absolute Gasteiger partial charge is 0.478 e. The number of hydrogen-bond donors (Lipinski definition) is 1. The third-order valence-corrected chi connectivity index (χ3v) is 1.36. The van der Waals surface area contributed by atoms with Gasteiger partial charge >= 0.3 is 5.97 Å². The Bertz CT molecular complexity index is 161.